The molecule has 0 radical (unpaired) electrons. The number of carbonyl (C=O) groups excluding carboxylic acids is 3. The van der Waals surface area contributed by atoms with Crippen molar-refractivity contribution in [3.05, 3.63) is 0 Å². The number of nitrogens with zero attached hydrogens (tertiary/aromatic N) is 2. The Hall–Kier alpha value is -1.59. The minimum absolute atomic E-state index is 0.0654. The fraction of sp³-hybridized carbons (Fsp3) is 0.850. The average molecular weight is 364 g/mol. The fourth-order valence-corrected chi connectivity index (χ4v) is 4.93. The molecule has 0 N–H and O–H groups in total. The molecule has 2 amide bonds. The molecule has 2 heterocycles. The molecule has 3 fully saturated rings. The monoisotopic (exact) mass is 364 g/mol. The molecular weight excluding hydrogens is 332 g/mol. The lowest BCUT2D eigenvalue weighted by atomic mass is 9.85. The predicted octanol–water partition coefficient (Wildman–Crippen LogP) is 2.99. The van der Waals surface area contributed by atoms with Crippen molar-refractivity contribution in [3.8, 4) is 0 Å². The highest BCUT2D eigenvalue weighted by Crippen LogP contribution is 2.44. The number of ketones is 1. The molecule has 1 spiro atoms. The van der Waals surface area contributed by atoms with Gasteiger partial charge in [-0.3, -0.25) is 9.59 Å². The van der Waals surface area contributed by atoms with Crippen LogP contribution in [0.15, 0.2) is 0 Å². The molecule has 0 aromatic rings. The number of carbonyl (C=O) groups is 3. The Morgan fingerprint density at radius 1 is 1.15 bits per heavy atom. The summed E-state index contributed by atoms with van der Waals surface area (Å²) in [5.41, 5.74) is -1.07. The smallest absolute Gasteiger partial charge is 0.410 e. The van der Waals surface area contributed by atoms with Crippen LogP contribution >= 0.6 is 0 Å². The summed E-state index contributed by atoms with van der Waals surface area (Å²) in [7, 11) is 0. The minimum atomic E-state index is -0.541. The van der Waals surface area contributed by atoms with E-state index < -0.39 is 11.0 Å². The van der Waals surface area contributed by atoms with Crippen LogP contribution in [0.4, 0.5) is 4.79 Å². The van der Waals surface area contributed by atoms with Crippen LogP contribution < -0.4 is 0 Å². The summed E-state index contributed by atoms with van der Waals surface area (Å²) in [5, 5.41) is 0. The van der Waals surface area contributed by atoms with E-state index in [4.69, 9.17) is 4.74 Å². The van der Waals surface area contributed by atoms with Crippen LogP contribution in [-0.4, -0.2) is 58.9 Å². The van der Waals surface area contributed by atoms with E-state index in [2.05, 4.69) is 0 Å². The van der Waals surface area contributed by atoms with Gasteiger partial charge < -0.3 is 14.5 Å². The van der Waals surface area contributed by atoms with E-state index in [1.165, 1.54) is 0 Å². The normalized spacial score (nSPS) is 28.2. The largest absolute Gasteiger partial charge is 0.444 e. The van der Waals surface area contributed by atoms with Gasteiger partial charge in [-0.25, -0.2) is 4.79 Å². The first-order valence-electron chi connectivity index (χ1n) is 9.92. The van der Waals surface area contributed by atoms with Crippen molar-refractivity contribution in [2.45, 2.75) is 77.9 Å². The lowest BCUT2D eigenvalue weighted by Crippen LogP contribution is -2.48. The van der Waals surface area contributed by atoms with Crippen LogP contribution in [0, 0.1) is 11.3 Å². The van der Waals surface area contributed by atoms with Gasteiger partial charge in [-0.15, -0.1) is 0 Å². The third-order valence-electron chi connectivity index (χ3n) is 6.15. The number of hydrogen-bond acceptors (Lipinski definition) is 4. The van der Waals surface area contributed by atoms with Crippen LogP contribution in [0.25, 0.3) is 0 Å². The van der Waals surface area contributed by atoms with Crippen LogP contribution in [0.3, 0.4) is 0 Å². The number of ether oxygens (including phenoxy) is 1. The van der Waals surface area contributed by atoms with E-state index in [1.807, 2.05) is 25.7 Å². The Morgan fingerprint density at radius 2 is 1.77 bits per heavy atom. The highest BCUT2D eigenvalue weighted by Gasteiger charge is 2.54. The zero-order valence-electron chi connectivity index (χ0n) is 16.5. The molecule has 0 aromatic heterocycles. The van der Waals surface area contributed by atoms with Crippen molar-refractivity contribution in [2.24, 2.45) is 11.3 Å². The van der Waals surface area contributed by atoms with Crippen LogP contribution in [0.1, 0.15) is 66.2 Å². The number of Topliss-reactive ketones (excluding diaryl/α,β-unsaturated/α-hetero) is 1. The Balaban J connectivity index is 1.70. The van der Waals surface area contributed by atoms with E-state index >= 15 is 0 Å². The van der Waals surface area contributed by atoms with E-state index in [0.717, 1.165) is 32.1 Å². The van der Waals surface area contributed by atoms with Gasteiger partial charge in [0.15, 0.2) is 5.78 Å². The van der Waals surface area contributed by atoms with Crippen molar-refractivity contribution in [2.75, 3.05) is 19.6 Å². The summed E-state index contributed by atoms with van der Waals surface area (Å²) in [5.74, 6) is 0.468. The third kappa shape index (κ3) is 3.60. The standard InChI is InChI=1S/C20H32N2O4/c1-14(23)16(15-7-5-6-8-15)22-12-10-20(17(22)24)9-11-21(13-20)18(25)26-19(2,3)4/h15-16H,5-13H2,1-4H3/t16-,20?/m1/s1. The fourth-order valence-electron chi connectivity index (χ4n) is 4.93. The van der Waals surface area contributed by atoms with E-state index in [-0.39, 0.29) is 23.8 Å². The first-order valence-corrected chi connectivity index (χ1v) is 9.92. The predicted molar refractivity (Wildman–Crippen MR) is 97.6 cm³/mol. The number of amides is 2. The SMILES string of the molecule is CC(=O)[C@H](C1CCCC1)N1CCC2(CCN(C(=O)OC(C)(C)C)C2)C1=O. The average Bonchev–Trinajstić information content (AvgIpc) is 3.24. The van der Waals surface area contributed by atoms with E-state index in [1.54, 1.807) is 11.8 Å². The molecule has 0 aromatic carbocycles. The maximum Gasteiger partial charge on any atom is 0.410 e. The van der Waals surface area contributed by atoms with Crippen molar-refractivity contribution in [3.63, 3.8) is 0 Å². The molecule has 6 heteroatoms. The lowest BCUT2D eigenvalue weighted by molar-refractivity contribution is -0.142. The molecule has 146 valence electrons. The molecule has 3 rings (SSSR count). The quantitative estimate of drug-likeness (QED) is 0.772. The Morgan fingerprint density at radius 3 is 2.35 bits per heavy atom. The van der Waals surface area contributed by atoms with Crippen molar-refractivity contribution in [1.82, 2.24) is 9.80 Å². The molecule has 2 aliphatic heterocycles. The maximum absolute atomic E-state index is 13.3. The molecule has 1 unspecified atom stereocenters. The Bertz CT molecular complexity index is 591. The van der Waals surface area contributed by atoms with Crippen LogP contribution in [-0.2, 0) is 14.3 Å². The zero-order valence-corrected chi connectivity index (χ0v) is 16.5. The first-order chi connectivity index (χ1) is 12.1. The van der Waals surface area contributed by atoms with Gasteiger partial charge in [0.05, 0.1) is 11.5 Å². The maximum atomic E-state index is 13.3. The van der Waals surface area contributed by atoms with Gasteiger partial charge in [-0.2, -0.15) is 0 Å². The minimum Gasteiger partial charge on any atom is -0.444 e. The van der Waals surface area contributed by atoms with Crippen molar-refractivity contribution < 1.29 is 19.1 Å². The highest BCUT2D eigenvalue weighted by molar-refractivity contribution is 5.92. The first kappa shape index (κ1) is 19.2. The topological polar surface area (TPSA) is 66.9 Å². The lowest BCUT2D eigenvalue weighted by Gasteiger charge is -2.32. The molecule has 1 saturated carbocycles. The van der Waals surface area contributed by atoms with Crippen LogP contribution in [0.2, 0.25) is 0 Å². The summed E-state index contributed by atoms with van der Waals surface area (Å²) in [6, 6.07) is -0.278. The van der Waals surface area contributed by atoms with Crippen molar-refractivity contribution in [1.29, 1.82) is 0 Å². The van der Waals surface area contributed by atoms with Gasteiger partial charge in [0, 0.05) is 19.6 Å². The number of hydrogen-bond donors (Lipinski definition) is 0. The van der Waals surface area contributed by atoms with E-state index in [9.17, 15) is 14.4 Å². The second-order valence-electron chi connectivity index (χ2n) is 9.28. The number of likely N-dealkylation sites (tertiary alicyclic amines) is 2. The second kappa shape index (κ2) is 6.86. The Kier molecular flexibility index (Phi) is 5.06. The van der Waals surface area contributed by atoms with Crippen molar-refractivity contribution >= 4 is 17.8 Å². The molecule has 6 nitrogen and oxygen atoms in total. The molecular formula is C20H32N2O4. The highest BCUT2D eigenvalue weighted by atomic mass is 16.6. The summed E-state index contributed by atoms with van der Waals surface area (Å²) < 4.78 is 5.46. The van der Waals surface area contributed by atoms with Gasteiger partial charge in [-0.1, -0.05) is 12.8 Å². The molecule has 0 bridgehead atoms. The number of rotatable bonds is 3. The van der Waals surface area contributed by atoms with Gasteiger partial charge >= 0.3 is 6.09 Å². The summed E-state index contributed by atoms with van der Waals surface area (Å²) >= 11 is 0. The van der Waals surface area contributed by atoms with Gasteiger partial charge in [-0.05, 0) is 59.3 Å². The molecule has 2 atom stereocenters. The molecule has 26 heavy (non-hydrogen) atoms. The van der Waals surface area contributed by atoms with Gasteiger partial charge in [0.1, 0.15) is 5.60 Å². The van der Waals surface area contributed by atoms with E-state index in [0.29, 0.717) is 32.0 Å². The molecule has 3 aliphatic rings. The summed E-state index contributed by atoms with van der Waals surface area (Å²) in [6.07, 6.45) is 5.40. The van der Waals surface area contributed by atoms with Gasteiger partial charge in [0.25, 0.3) is 0 Å². The Labute approximate surface area is 156 Å². The van der Waals surface area contributed by atoms with Gasteiger partial charge in [0.2, 0.25) is 5.91 Å². The molecule has 1 aliphatic carbocycles. The molecule has 2 saturated heterocycles. The second-order valence-corrected chi connectivity index (χ2v) is 9.28. The summed E-state index contributed by atoms with van der Waals surface area (Å²) in [6.45, 7) is 8.73. The zero-order chi connectivity index (χ0) is 19.1. The van der Waals surface area contributed by atoms with Crippen LogP contribution in [0.5, 0.6) is 0 Å². The summed E-state index contributed by atoms with van der Waals surface area (Å²) in [4.78, 5) is 41.5. The third-order valence-corrected chi connectivity index (χ3v) is 6.15.